The second-order valence-electron chi connectivity index (χ2n) is 5.05. The first kappa shape index (κ1) is 12.7. The Kier molecular flexibility index (Phi) is 3.10. The second kappa shape index (κ2) is 3.90. The molecule has 2 atom stereocenters. The van der Waals surface area contributed by atoms with Crippen LogP contribution in [0.5, 0.6) is 0 Å². The predicted molar refractivity (Wildman–Crippen MR) is 57.6 cm³/mol. The number of hydrogen-bond donors (Lipinski definition) is 2. The molecule has 0 aliphatic heterocycles. The van der Waals surface area contributed by atoms with Crippen molar-refractivity contribution >= 4 is 11.9 Å². The molecule has 90 valence electrons. The summed E-state index contributed by atoms with van der Waals surface area (Å²) in [5.41, 5.74) is 3.88. The number of carboxylic acids is 1. The summed E-state index contributed by atoms with van der Waals surface area (Å²) in [6.07, 6.45) is 2.91. The summed E-state index contributed by atoms with van der Waals surface area (Å²) in [5, 5.41) is 8.80. The highest BCUT2D eigenvalue weighted by atomic mass is 16.6. The normalized spacial score (nSPS) is 29.1. The summed E-state index contributed by atoms with van der Waals surface area (Å²) in [5.74, 6) is -2.27. The zero-order valence-corrected chi connectivity index (χ0v) is 9.69. The van der Waals surface area contributed by atoms with E-state index < -0.39 is 29.0 Å². The lowest BCUT2D eigenvalue weighted by molar-refractivity contribution is -0.160. The zero-order chi connectivity index (χ0) is 12.6. The van der Waals surface area contributed by atoms with Gasteiger partial charge in [-0.15, -0.1) is 0 Å². The van der Waals surface area contributed by atoms with Crippen LogP contribution in [-0.4, -0.2) is 28.2 Å². The first-order chi connectivity index (χ1) is 7.14. The summed E-state index contributed by atoms with van der Waals surface area (Å²) in [7, 11) is 0. The maximum absolute atomic E-state index is 11.8. The number of nitrogens with two attached hydrogens (primary N) is 1. The average molecular weight is 227 g/mol. The Bertz CT molecular complexity index is 342. The summed E-state index contributed by atoms with van der Waals surface area (Å²) in [4.78, 5) is 22.5. The lowest BCUT2D eigenvalue weighted by atomic mass is 9.96. The molecule has 0 aromatic carbocycles. The quantitative estimate of drug-likeness (QED) is 0.535. The van der Waals surface area contributed by atoms with Crippen molar-refractivity contribution in [3.05, 3.63) is 12.2 Å². The van der Waals surface area contributed by atoms with E-state index in [9.17, 15) is 9.59 Å². The number of esters is 1. The molecule has 0 radical (unpaired) electrons. The third-order valence-corrected chi connectivity index (χ3v) is 2.28. The maximum Gasteiger partial charge on any atom is 0.330 e. The van der Waals surface area contributed by atoms with Crippen LogP contribution in [0.3, 0.4) is 0 Å². The molecule has 0 saturated carbocycles. The van der Waals surface area contributed by atoms with Crippen LogP contribution in [0.15, 0.2) is 12.2 Å². The number of hydrogen-bond acceptors (Lipinski definition) is 4. The van der Waals surface area contributed by atoms with Crippen LogP contribution >= 0.6 is 0 Å². The van der Waals surface area contributed by atoms with E-state index in [4.69, 9.17) is 15.6 Å². The summed E-state index contributed by atoms with van der Waals surface area (Å²) < 4.78 is 5.14. The average Bonchev–Trinajstić information content (AvgIpc) is 2.46. The monoisotopic (exact) mass is 227 g/mol. The van der Waals surface area contributed by atoms with E-state index in [1.807, 2.05) is 0 Å². The Morgan fingerprint density at radius 3 is 2.44 bits per heavy atom. The fraction of sp³-hybridized carbons (Fsp3) is 0.636. The summed E-state index contributed by atoms with van der Waals surface area (Å²) in [6.45, 7) is 5.21. The van der Waals surface area contributed by atoms with Gasteiger partial charge in [0.1, 0.15) is 11.1 Å². The molecular weight excluding hydrogens is 210 g/mol. The summed E-state index contributed by atoms with van der Waals surface area (Å²) >= 11 is 0. The van der Waals surface area contributed by atoms with Crippen molar-refractivity contribution in [3.63, 3.8) is 0 Å². The number of carboxylic acid groups (broad SMARTS) is 1. The molecule has 0 unspecified atom stereocenters. The van der Waals surface area contributed by atoms with Gasteiger partial charge in [-0.2, -0.15) is 0 Å². The van der Waals surface area contributed by atoms with E-state index in [0.717, 1.165) is 0 Å². The molecule has 1 aliphatic rings. The number of rotatable bonds is 2. The Morgan fingerprint density at radius 2 is 2.06 bits per heavy atom. The van der Waals surface area contributed by atoms with Gasteiger partial charge in [0.2, 0.25) is 0 Å². The van der Waals surface area contributed by atoms with Gasteiger partial charge in [-0.1, -0.05) is 12.2 Å². The van der Waals surface area contributed by atoms with Crippen molar-refractivity contribution in [2.45, 2.75) is 38.3 Å². The third-order valence-electron chi connectivity index (χ3n) is 2.28. The Balaban J connectivity index is 2.72. The second-order valence-corrected chi connectivity index (χ2v) is 5.05. The van der Waals surface area contributed by atoms with Crippen LogP contribution in [0.1, 0.15) is 27.2 Å². The van der Waals surface area contributed by atoms with Gasteiger partial charge in [-0.25, -0.2) is 4.79 Å². The van der Waals surface area contributed by atoms with Gasteiger partial charge in [0.15, 0.2) is 0 Å². The van der Waals surface area contributed by atoms with Gasteiger partial charge < -0.3 is 15.6 Å². The van der Waals surface area contributed by atoms with Crippen molar-refractivity contribution in [2.24, 2.45) is 11.7 Å². The van der Waals surface area contributed by atoms with E-state index in [1.165, 1.54) is 12.2 Å². The summed E-state index contributed by atoms with van der Waals surface area (Å²) in [6, 6.07) is 0. The van der Waals surface area contributed by atoms with Crippen molar-refractivity contribution in [3.8, 4) is 0 Å². The molecule has 0 saturated heterocycles. The minimum Gasteiger partial charge on any atom is -0.481 e. The Labute approximate surface area is 94.3 Å². The lowest BCUT2D eigenvalue weighted by Gasteiger charge is -2.27. The van der Waals surface area contributed by atoms with Gasteiger partial charge in [0.25, 0.3) is 0 Å². The van der Waals surface area contributed by atoms with Crippen molar-refractivity contribution in [1.82, 2.24) is 0 Å². The molecule has 16 heavy (non-hydrogen) atoms. The van der Waals surface area contributed by atoms with E-state index in [1.54, 1.807) is 20.8 Å². The molecule has 3 N–H and O–H groups in total. The van der Waals surface area contributed by atoms with Crippen molar-refractivity contribution in [2.75, 3.05) is 0 Å². The van der Waals surface area contributed by atoms with Crippen LogP contribution in [0.25, 0.3) is 0 Å². The molecule has 0 bridgehead atoms. The van der Waals surface area contributed by atoms with Gasteiger partial charge >= 0.3 is 11.9 Å². The molecule has 1 rings (SSSR count). The molecule has 5 nitrogen and oxygen atoms in total. The van der Waals surface area contributed by atoms with Crippen LogP contribution in [0.4, 0.5) is 0 Å². The Hall–Kier alpha value is -1.36. The fourth-order valence-corrected chi connectivity index (χ4v) is 1.48. The van der Waals surface area contributed by atoms with E-state index >= 15 is 0 Å². The molecule has 0 aromatic rings. The largest absolute Gasteiger partial charge is 0.481 e. The van der Waals surface area contributed by atoms with Crippen molar-refractivity contribution < 1.29 is 19.4 Å². The van der Waals surface area contributed by atoms with Gasteiger partial charge in [0, 0.05) is 0 Å². The van der Waals surface area contributed by atoms with E-state index in [-0.39, 0.29) is 6.42 Å². The fourth-order valence-electron chi connectivity index (χ4n) is 1.48. The SMILES string of the molecule is CC(C)(C)OC(=O)[C@]1(N)C=C[C@@H](C(=O)O)C1. The van der Waals surface area contributed by atoms with Crippen LogP contribution < -0.4 is 5.73 Å². The van der Waals surface area contributed by atoms with E-state index in [0.29, 0.717) is 0 Å². The zero-order valence-electron chi connectivity index (χ0n) is 9.69. The molecule has 5 heteroatoms. The van der Waals surface area contributed by atoms with Crippen LogP contribution in [0, 0.1) is 5.92 Å². The highest BCUT2D eigenvalue weighted by Crippen LogP contribution is 2.28. The number of carbonyl (C=O) groups is 2. The molecule has 0 aromatic heterocycles. The van der Waals surface area contributed by atoms with E-state index in [2.05, 4.69) is 0 Å². The molecule has 1 aliphatic carbocycles. The smallest absolute Gasteiger partial charge is 0.330 e. The molecule has 0 amide bonds. The molecular formula is C11H17NO4. The minimum atomic E-state index is -1.31. The number of aliphatic carboxylic acids is 1. The maximum atomic E-state index is 11.8. The molecule has 0 fully saturated rings. The third kappa shape index (κ3) is 2.82. The van der Waals surface area contributed by atoms with Gasteiger partial charge in [0.05, 0.1) is 5.92 Å². The highest BCUT2D eigenvalue weighted by Gasteiger charge is 2.42. The molecule has 0 spiro atoms. The highest BCUT2D eigenvalue weighted by molar-refractivity contribution is 5.86. The first-order valence-corrected chi connectivity index (χ1v) is 5.08. The molecule has 0 heterocycles. The van der Waals surface area contributed by atoms with Crippen LogP contribution in [0.2, 0.25) is 0 Å². The Morgan fingerprint density at radius 1 is 1.50 bits per heavy atom. The number of ether oxygens (including phenoxy) is 1. The number of carbonyl (C=O) groups excluding carboxylic acids is 1. The van der Waals surface area contributed by atoms with Crippen molar-refractivity contribution in [1.29, 1.82) is 0 Å². The first-order valence-electron chi connectivity index (χ1n) is 5.08. The topological polar surface area (TPSA) is 89.6 Å². The minimum absolute atomic E-state index is 0.0528. The predicted octanol–water partition coefficient (Wildman–Crippen LogP) is 0.686. The standard InChI is InChI=1S/C11H17NO4/c1-10(2,3)16-9(15)11(12)5-4-7(6-11)8(13)14/h4-5,7H,6,12H2,1-3H3,(H,13,14)/t7-,11+/m1/s1. The van der Waals surface area contributed by atoms with Crippen LogP contribution in [-0.2, 0) is 14.3 Å². The van der Waals surface area contributed by atoms with Gasteiger partial charge in [-0.05, 0) is 27.2 Å². The van der Waals surface area contributed by atoms with Gasteiger partial charge in [-0.3, -0.25) is 4.79 Å². The lowest BCUT2D eigenvalue weighted by Crippen LogP contribution is -2.49.